The Morgan fingerprint density at radius 3 is 2.60 bits per heavy atom. The third-order valence-electron chi connectivity index (χ3n) is 4.56. The second-order valence-electron chi connectivity index (χ2n) is 5.53. The van der Waals surface area contributed by atoms with E-state index in [0.29, 0.717) is 5.41 Å². The van der Waals surface area contributed by atoms with E-state index in [0.717, 1.165) is 5.92 Å². The van der Waals surface area contributed by atoms with Crippen LogP contribution in [0.2, 0.25) is 0 Å². The molecule has 0 amide bonds. The van der Waals surface area contributed by atoms with E-state index in [2.05, 4.69) is 32.9 Å². The van der Waals surface area contributed by atoms with Crippen LogP contribution in [-0.4, -0.2) is 0 Å². The minimum atomic E-state index is 0.578. The lowest BCUT2D eigenvalue weighted by Crippen LogP contribution is -2.24. The van der Waals surface area contributed by atoms with Gasteiger partial charge in [0.25, 0.3) is 0 Å². The molecular weight excluding hydrogens is 180 g/mol. The summed E-state index contributed by atoms with van der Waals surface area (Å²) in [5.41, 5.74) is 3.83. The summed E-state index contributed by atoms with van der Waals surface area (Å²) in [4.78, 5) is 0. The fourth-order valence-electron chi connectivity index (χ4n) is 3.51. The number of hydrogen-bond donors (Lipinski definition) is 0. The van der Waals surface area contributed by atoms with Gasteiger partial charge < -0.3 is 0 Å². The molecule has 0 aromatic rings. The second kappa shape index (κ2) is 4.15. The highest BCUT2D eigenvalue weighted by atomic mass is 14.4. The van der Waals surface area contributed by atoms with Crippen molar-refractivity contribution in [2.24, 2.45) is 11.3 Å². The van der Waals surface area contributed by atoms with E-state index in [1.165, 1.54) is 44.1 Å². The van der Waals surface area contributed by atoms with E-state index in [1.807, 2.05) is 0 Å². The molecule has 0 N–H and O–H groups in total. The second-order valence-corrected chi connectivity index (χ2v) is 5.53. The van der Waals surface area contributed by atoms with Crippen LogP contribution in [0, 0.1) is 11.3 Å². The summed E-state index contributed by atoms with van der Waals surface area (Å²) < 4.78 is 0. The van der Waals surface area contributed by atoms with Crippen molar-refractivity contribution in [1.82, 2.24) is 0 Å². The van der Waals surface area contributed by atoms with Gasteiger partial charge in [-0.15, -0.1) is 0 Å². The van der Waals surface area contributed by atoms with Crippen LogP contribution in [0.5, 0.6) is 0 Å². The molecule has 1 unspecified atom stereocenters. The van der Waals surface area contributed by atoms with Gasteiger partial charge in [0, 0.05) is 0 Å². The first kappa shape index (κ1) is 11.0. The number of allylic oxidation sites excluding steroid dienone is 4. The van der Waals surface area contributed by atoms with Gasteiger partial charge in [-0.3, -0.25) is 0 Å². The molecule has 1 fully saturated rings. The molecule has 1 saturated carbocycles. The van der Waals surface area contributed by atoms with Crippen LogP contribution in [0.4, 0.5) is 0 Å². The Labute approximate surface area is 94.5 Å². The highest BCUT2D eigenvalue weighted by Crippen LogP contribution is 2.51. The molecule has 0 aliphatic heterocycles. The van der Waals surface area contributed by atoms with Crippen LogP contribution in [0.15, 0.2) is 23.3 Å². The normalized spacial score (nSPS) is 29.9. The third-order valence-corrected chi connectivity index (χ3v) is 4.56. The zero-order valence-corrected chi connectivity index (χ0v) is 10.5. The van der Waals surface area contributed by atoms with Gasteiger partial charge in [-0.25, -0.2) is 0 Å². The van der Waals surface area contributed by atoms with E-state index in [4.69, 9.17) is 0 Å². The van der Waals surface area contributed by atoms with Crippen molar-refractivity contribution in [3.63, 3.8) is 0 Å². The molecule has 2 aliphatic rings. The summed E-state index contributed by atoms with van der Waals surface area (Å²) >= 11 is 0. The van der Waals surface area contributed by atoms with Crippen molar-refractivity contribution < 1.29 is 0 Å². The van der Waals surface area contributed by atoms with Gasteiger partial charge in [-0.2, -0.15) is 0 Å². The SMILES string of the molecule is CCC1(C2=CC(C)=CCC2C)CCCC1. The average molecular weight is 204 g/mol. The molecule has 0 bridgehead atoms. The van der Waals surface area contributed by atoms with Crippen molar-refractivity contribution in [3.8, 4) is 0 Å². The first-order valence-electron chi connectivity index (χ1n) is 6.57. The van der Waals surface area contributed by atoms with Crippen LogP contribution in [0.25, 0.3) is 0 Å². The topological polar surface area (TPSA) is 0 Å². The Morgan fingerprint density at radius 1 is 1.33 bits per heavy atom. The third kappa shape index (κ3) is 1.91. The van der Waals surface area contributed by atoms with Gasteiger partial charge in [-0.1, -0.05) is 50.0 Å². The Hall–Kier alpha value is -0.520. The smallest absolute Gasteiger partial charge is 0.00847 e. The molecule has 0 aromatic heterocycles. The Bertz CT molecular complexity index is 287. The van der Waals surface area contributed by atoms with Crippen molar-refractivity contribution in [1.29, 1.82) is 0 Å². The van der Waals surface area contributed by atoms with E-state index < -0.39 is 0 Å². The average Bonchev–Trinajstić information content (AvgIpc) is 2.71. The van der Waals surface area contributed by atoms with Crippen LogP contribution >= 0.6 is 0 Å². The first-order chi connectivity index (χ1) is 7.18. The minimum absolute atomic E-state index is 0.578. The molecule has 2 rings (SSSR count). The van der Waals surface area contributed by atoms with E-state index >= 15 is 0 Å². The molecule has 0 radical (unpaired) electrons. The maximum Gasteiger partial charge on any atom is -0.00847 e. The largest absolute Gasteiger partial charge is 0.0810 e. The minimum Gasteiger partial charge on any atom is -0.0810 e. The summed E-state index contributed by atoms with van der Waals surface area (Å²) in [6, 6.07) is 0. The van der Waals surface area contributed by atoms with Crippen LogP contribution in [0.3, 0.4) is 0 Å². The molecule has 15 heavy (non-hydrogen) atoms. The van der Waals surface area contributed by atoms with Gasteiger partial charge in [0.05, 0.1) is 0 Å². The van der Waals surface area contributed by atoms with E-state index in [-0.39, 0.29) is 0 Å². The van der Waals surface area contributed by atoms with E-state index in [1.54, 1.807) is 5.57 Å². The van der Waals surface area contributed by atoms with Crippen molar-refractivity contribution in [2.75, 3.05) is 0 Å². The molecule has 2 aliphatic carbocycles. The van der Waals surface area contributed by atoms with Crippen LogP contribution < -0.4 is 0 Å². The molecule has 0 heteroatoms. The van der Waals surface area contributed by atoms with Gasteiger partial charge in [-0.05, 0) is 43.9 Å². The van der Waals surface area contributed by atoms with Crippen LogP contribution in [0.1, 0.15) is 59.3 Å². The monoisotopic (exact) mass is 204 g/mol. The lowest BCUT2D eigenvalue weighted by Gasteiger charge is -2.36. The predicted molar refractivity (Wildman–Crippen MR) is 66.8 cm³/mol. The zero-order chi connectivity index (χ0) is 10.9. The Morgan fingerprint density at radius 2 is 2.00 bits per heavy atom. The standard InChI is InChI=1S/C15H24/c1-4-15(9-5-6-10-15)14-11-12(2)7-8-13(14)3/h7,11,13H,4-6,8-10H2,1-3H3. The molecule has 0 heterocycles. The van der Waals surface area contributed by atoms with Crippen molar-refractivity contribution in [2.45, 2.75) is 59.3 Å². The Balaban J connectivity index is 2.30. The van der Waals surface area contributed by atoms with Crippen molar-refractivity contribution in [3.05, 3.63) is 23.3 Å². The molecular formula is C15H24. The van der Waals surface area contributed by atoms with Crippen LogP contribution in [-0.2, 0) is 0 Å². The highest BCUT2D eigenvalue weighted by Gasteiger charge is 2.37. The summed E-state index contributed by atoms with van der Waals surface area (Å²) in [6.45, 7) is 7.04. The van der Waals surface area contributed by atoms with Gasteiger partial charge >= 0.3 is 0 Å². The lowest BCUT2D eigenvalue weighted by atomic mass is 9.69. The van der Waals surface area contributed by atoms with Gasteiger partial charge in [0.15, 0.2) is 0 Å². The van der Waals surface area contributed by atoms with Gasteiger partial charge in [0.2, 0.25) is 0 Å². The summed E-state index contributed by atoms with van der Waals surface area (Å²) in [7, 11) is 0. The maximum absolute atomic E-state index is 2.49. The molecule has 84 valence electrons. The molecule has 0 aromatic carbocycles. The maximum atomic E-state index is 2.49. The summed E-state index contributed by atoms with van der Waals surface area (Å²) in [5, 5.41) is 0. The van der Waals surface area contributed by atoms with E-state index in [9.17, 15) is 0 Å². The first-order valence-corrected chi connectivity index (χ1v) is 6.57. The Kier molecular flexibility index (Phi) is 3.04. The fraction of sp³-hybridized carbons (Fsp3) is 0.733. The predicted octanol–water partition coefficient (Wildman–Crippen LogP) is 4.87. The molecule has 0 saturated heterocycles. The van der Waals surface area contributed by atoms with Gasteiger partial charge in [0.1, 0.15) is 0 Å². The molecule has 0 nitrogen and oxygen atoms in total. The number of hydrogen-bond acceptors (Lipinski definition) is 0. The fourth-order valence-corrected chi connectivity index (χ4v) is 3.51. The molecule has 1 atom stereocenters. The highest BCUT2D eigenvalue weighted by molar-refractivity contribution is 5.32. The quantitative estimate of drug-likeness (QED) is 0.602. The molecule has 0 spiro atoms. The summed E-state index contributed by atoms with van der Waals surface area (Å²) in [5.74, 6) is 0.784. The summed E-state index contributed by atoms with van der Waals surface area (Å²) in [6.07, 6.45) is 13.3. The number of rotatable bonds is 2. The lowest BCUT2D eigenvalue weighted by molar-refractivity contribution is 0.316. The van der Waals surface area contributed by atoms with Crippen molar-refractivity contribution >= 4 is 0 Å². The zero-order valence-electron chi connectivity index (χ0n) is 10.5.